The molecule has 0 spiro atoms. The summed E-state index contributed by atoms with van der Waals surface area (Å²) < 4.78 is 1.25. The van der Waals surface area contributed by atoms with Crippen LogP contribution in [0.25, 0.3) is 0 Å². The third kappa shape index (κ3) is 3.43. The van der Waals surface area contributed by atoms with E-state index < -0.39 is 4.92 Å². The van der Waals surface area contributed by atoms with Gasteiger partial charge >= 0.3 is 5.69 Å². The van der Waals surface area contributed by atoms with E-state index in [9.17, 15) is 10.1 Å². The lowest BCUT2D eigenvalue weighted by Crippen LogP contribution is -2.08. The van der Waals surface area contributed by atoms with Gasteiger partial charge in [0.1, 0.15) is 0 Å². The Morgan fingerprint density at radius 1 is 1.58 bits per heavy atom. The second kappa shape index (κ2) is 5.85. The molecular weight excluding hydrogens is 354 g/mol. The van der Waals surface area contributed by atoms with Crippen LogP contribution in [0.15, 0.2) is 28.9 Å². The first kappa shape index (κ1) is 14.2. The molecule has 0 saturated heterocycles. The van der Waals surface area contributed by atoms with Crippen LogP contribution in [0.1, 0.15) is 17.8 Å². The van der Waals surface area contributed by atoms with Gasteiger partial charge in [0, 0.05) is 21.6 Å². The number of aromatic nitrogens is 1. The molecule has 0 aliphatic heterocycles. The van der Waals surface area contributed by atoms with Crippen molar-refractivity contribution in [3.05, 3.63) is 48.2 Å². The summed E-state index contributed by atoms with van der Waals surface area (Å²) >= 11 is 10.5. The summed E-state index contributed by atoms with van der Waals surface area (Å²) in [7, 11) is 0. The molecule has 1 N–H and O–H groups in total. The molecule has 0 amide bonds. The van der Waals surface area contributed by atoms with E-state index in [1.54, 1.807) is 6.07 Å². The fourth-order valence-electron chi connectivity index (χ4n) is 1.52. The lowest BCUT2D eigenvalue weighted by molar-refractivity contribution is -0.384. The number of anilines is 1. The van der Waals surface area contributed by atoms with E-state index >= 15 is 0 Å². The second-order valence-electron chi connectivity index (χ2n) is 3.79. The third-order valence-electron chi connectivity index (χ3n) is 2.40. The number of halogens is 2. The van der Waals surface area contributed by atoms with E-state index in [0.717, 1.165) is 4.88 Å². The van der Waals surface area contributed by atoms with Crippen molar-refractivity contribution in [2.75, 3.05) is 5.32 Å². The van der Waals surface area contributed by atoms with E-state index in [2.05, 4.69) is 26.2 Å². The molecule has 0 aromatic carbocycles. The highest BCUT2D eigenvalue weighted by Gasteiger charge is 2.18. The van der Waals surface area contributed by atoms with E-state index in [4.69, 9.17) is 11.6 Å². The first-order valence-electron chi connectivity index (χ1n) is 5.29. The van der Waals surface area contributed by atoms with Crippen LogP contribution in [-0.4, -0.2) is 9.91 Å². The molecular formula is C11H9BrClN3O2S. The molecule has 0 fully saturated rings. The molecule has 2 rings (SSSR count). The van der Waals surface area contributed by atoms with Crippen LogP contribution in [0, 0.1) is 10.1 Å². The van der Waals surface area contributed by atoms with Crippen LogP contribution in [0.2, 0.25) is 4.34 Å². The van der Waals surface area contributed by atoms with Crippen molar-refractivity contribution in [1.29, 1.82) is 0 Å². The maximum absolute atomic E-state index is 11.0. The molecule has 0 saturated carbocycles. The average Bonchev–Trinajstić information content (AvgIpc) is 2.78. The molecule has 2 aromatic heterocycles. The van der Waals surface area contributed by atoms with E-state index in [1.165, 1.54) is 23.6 Å². The highest BCUT2D eigenvalue weighted by molar-refractivity contribution is 9.10. The molecule has 0 radical (unpaired) electrons. The number of hydrogen-bond donors (Lipinski definition) is 1. The quantitative estimate of drug-likeness (QED) is 0.635. The van der Waals surface area contributed by atoms with Crippen molar-refractivity contribution in [2.24, 2.45) is 0 Å². The van der Waals surface area contributed by atoms with Gasteiger partial charge in [0.05, 0.1) is 15.3 Å². The van der Waals surface area contributed by atoms with Gasteiger partial charge in [-0.05, 0) is 35.0 Å². The van der Waals surface area contributed by atoms with Crippen molar-refractivity contribution >= 4 is 50.4 Å². The van der Waals surface area contributed by atoms with Crippen molar-refractivity contribution in [1.82, 2.24) is 4.98 Å². The van der Waals surface area contributed by atoms with Crippen LogP contribution in [0.4, 0.5) is 11.5 Å². The van der Waals surface area contributed by atoms with Crippen molar-refractivity contribution in [3.63, 3.8) is 0 Å². The molecule has 1 atom stereocenters. The Hall–Kier alpha value is -1.18. The summed E-state index contributed by atoms with van der Waals surface area (Å²) in [5, 5.41) is 14.0. The predicted molar refractivity (Wildman–Crippen MR) is 80.0 cm³/mol. The van der Waals surface area contributed by atoms with Crippen LogP contribution >= 0.6 is 38.9 Å². The molecule has 0 bridgehead atoms. The summed E-state index contributed by atoms with van der Waals surface area (Å²) in [5.41, 5.74) is -0.0659. The smallest absolute Gasteiger partial charge is 0.312 e. The van der Waals surface area contributed by atoms with Gasteiger partial charge in [-0.25, -0.2) is 4.98 Å². The maximum Gasteiger partial charge on any atom is 0.312 e. The number of pyridine rings is 1. The largest absolute Gasteiger partial charge is 0.357 e. The fourth-order valence-corrected chi connectivity index (χ4v) is 2.90. The van der Waals surface area contributed by atoms with Gasteiger partial charge in [-0.3, -0.25) is 10.1 Å². The standard InChI is InChI=1S/C11H9BrClN3O2S/c1-6(9-2-3-10(13)19-9)15-11-8(16(17)18)4-7(12)5-14-11/h2-6H,1H3,(H,14,15). The molecule has 5 nitrogen and oxygen atoms in total. The Labute approximate surface area is 126 Å². The van der Waals surface area contributed by atoms with Gasteiger partial charge < -0.3 is 5.32 Å². The van der Waals surface area contributed by atoms with Crippen molar-refractivity contribution in [2.45, 2.75) is 13.0 Å². The van der Waals surface area contributed by atoms with Gasteiger partial charge in [0.2, 0.25) is 5.82 Å². The first-order valence-corrected chi connectivity index (χ1v) is 7.28. The average molecular weight is 363 g/mol. The monoisotopic (exact) mass is 361 g/mol. The van der Waals surface area contributed by atoms with Crippen molar-refractivity contribution in [3.8, 4) is 0 Å². The highest BCUT2D eigenvalue weighted by Crippen LogP contribution is 2.32. The van der Waals surface area contributed by atoms with Gasteiger partial charge in [-0.1, -0.05) is 11.6 Å². The predicted octanol–water partition coefficient (Wildman–Crippen LogP) is 4.64. The number of nitrogens with one attached hydrogen (secondary N) is 1. The third-order valence-corrected chi connectivity index (χ3v) is 4.25. The molecule has 0 aliphatic carbocycles. The van der Waals surface area contributed by atoms with Gasteiger partial charge in [-0.2, -0.15) is 0 Å². The van der Waals surface area contributed by atoms with Crippen LogP contribution in [0.3, 0.4) is 0 Å². The Bertz CT molecular complexity index is 620. The number of hydrogen-bond acceptors (Lipinski definition) is 5. The van der Waals surface area contributed by atoms with Crippen LogP contribution in [0.5, 0.6) is 0 Å². The van der Waals surface area contributed by atoms with Crippen LogP contribution in [-0.2, 0) is 0 Å². The summed E-state index contributed by atoms with van der Waals surface area (Å²) in [6.45, 7) is 1.90. The van der Waals surface area contributed by atoms with E-state index in [0.29, 0.717) is 8.81 Å². The number of rotatable bonds is 4. The summed E-state index contributed by atoms with van der Waals surface area (Å²) in [4.78, 5) is 15.6. The Balaban J connectivity index is 2.26. The summed E-state index contributed by atoms with van der Waals surface area (Å²) in [6, 6.07) is 4.99. The van der Waals surface area contributed by atoms with Gasteiger partial charge in [-0.15, -0.1) is 11.3 Å². The number of thiophene rings is 1. The van der Waals surface area contributed by atoms with Gasteiger partial charge in [0.15, 0.2) is 0 Å². The topological polar surface area (TPSA) is 68.1 Å². The minimum atomic E-state index is -0.464. The molecule has 8 heteroatoms. The fraction of sp³-hybridized carbons (Fsp3) is 0.182. The lowest BCUT2D eigenvalue weighted by Gasteiger charge is -2.12. The summed E-state index contributed by atoms with van der Waals surface area (Å²) in [5.74, 6) is 0.241. The van der Waals surface area contributed by atoms with Gasteiger partial charge in [0.25, 0.3) is 0 Å². The number of nitrogens with zero attached hydrogens (tertiary/aromatic N) is 2. The zero-order valence-electron chi connectivity index (χ0n) is 9.76. The SMILES string of the molecule is CC(Nc1ncc(Br)cc1[N+](=O)[O-])c1ccc(Cl)s1. The van der Waals surface area contributed by atoms with E-state index in [1.807, 2.05) is 13.0 Å². The molecule has 2 heterocycles. The molecule has 1 unspecified atom stereocenters. The van der Waals surface area contributed by atoms with Crippen molar-refractivity contribution < 1.29 is 4.92 Å². The molecule has 2 aromatic rings. The number of nitro groups is 1. The summed E-state index contributed by atoms with van der Waals surface area (Å²) in [6.07, 6.45) is 1.52. The van der Waals surface area contributed by atoms with E-state index in [-0.39, 0.29) is 17.5 Å². The Morgan fingerprint density at radius 3 is 2.89 bits per heavy atom. The molecule has 19 heavy (non-hydrogen) atoms. The minimum absolute atomic E-state index is 0.0659. The highest BCUT2D eigenvalue weighted by atomic mass is 79.9. The normalized spacial score (nSPS) is 12.2. The zero-order chi connectivity index (χ0) is 14.0. The zero-order valence-corrected chi connectivity index (χ0v) is 12.9. The van der Waals surface area contributed by atoms with Crippen LogP contribution < -0.4 is 5.32 Å². The Morgan fingerprint density at radius 2 is 2.32 bits per heavy atom. The minimum Gasteiger partial charge on any atom is -0.357 e. The second-order valence-corrected chi connectivity index (χ2v) is 6.45. The maximum atomic E-state index is 11.0. The lowest BCUT2D eigenvalue weighted by atomic mass is 10.2. The first-order chi connectivity index (χ1) is 8.97. The molecule has 0 aliphatic rings. The Kier molecular flexibility index (Phi) is 4.38. The molecule has 100 valence electrons.